The third-order valence-corrected chi connectivity index (χ3v) is 2.66. The molecule has 0 aliphatic carbocycles. The number of hydrogen-bond acceptors (Lipinski definition) is 6. The second-order valence-electron chi connectivity index (χ2n) is 4.11. The Balaban J connectivity index is 1.99. The number of nitrogens with two attached hydrogens (primary N) is 1. The average Bonchev–Trinajstić information content (AvgIpc) is 2.37. The number of hydrogen-bond donors (Lipinski definition) is 1. The van der Waals surface area contributed by atoms with Gasteiger partial charge in [0.1, 0.15) is 18.5 Å². The van der Waals surface area contributed by atoms with Crippen LogP contribution in [0.15, 0.2) is 6.07 Å². The summed E-state index contributed by atoms with van der Waals surface area (Å²) in [5.74, 6) is 1.48. The fourth-order valence-electron chi connectivity index (χ4n) is 1.78. The van der Waals surface area contributed by atoms with Crippen molar-refractivity contribution in [3.8, 4) is 5.88 Å². The lowest BCUT2D eigenvalue weighted by atomic mass is 10.2. The third kappa shape index (κ3) is 3.82. The van der Waals surface area contributed by atoms with Crippen LogP contribution in [0.3, 0.4) is 0 Å². The maximum absolute atomic E-state index is 5.79. The third-order valence-electron chi connectivity index (χ3n) is 2.66. The van der Waals surface area contributed by atoms with E-state index in [0.29, 0.717) is 30.7 Å². The van der Waals surface area contributed by atoms with Gasteiger partial charge in [-0.25, -0.2) is 4.98 Å². The Kier molecular flexibility index (Phi) is 4.72. The number of aromatic nitrogens is 2. The van der Waals surface area contributed by atoms with E-state index in [4.69, 9.17) is 19.9 Å². The van der Waals surface area contributed by atoms with Crippen molar-refractivity contribution < 1.29 is 14.2 Å². The number of rotatable bonds is 5. The fraction of sp³-hybridized carbons (Fsp3) is 0.667. The van der Waals surface area contributed by atoms with E-state index in [1.165, 1.54) is 0 Å². The Morgan fingerprint density at radius 3 is 2.89 bits per heavy atom. The highest BCUT2D eigenvalue weighted by atomic mass is 16.5. The normalized spacial score (nSPS) is 16.7. The van der Waals surface area contributed by atoms with Crippen molar-refractivity contribution in [3.05, 3.63) is 11.9 Å². The number of nitrogens with zero attached hydrogens (tertiary/aromatic N) is 2. The highest BCUT2D eigenvalue weighted by molar-refractivity contribution is 5.32. The zero-order valence-corrected chi connectivity index (χ0v) is 10.6. The lowest BCUT2D eigenvalue weighted by Crippen LogP contribution is -2.26. The average molecular weight is 253 g/mol. The summed E-state index contributed by atoms with van der Waals surface area (Å²) >= 11 is 0. The van der Waals surface area contributed by atoms with E-state index in [0.717, 1.165) is 26.1 Å². The van der Waals surface area contributed by atoms with Gasteiger partial charge in [0.2, 0.25) is 5.88 Å². The molecular formula is C12H19N3O3. The second-order valence-corrected chi connectivity index (χ2v) is 4.11. The molecule has 0 radical (unpaired) electrons. The molecule has 100 valence electrons. The van der Waals surface area contributed by atoms with Crippen LogP contribution in [0.4, 0.5) is 5.82 Å². The summed E-state index contributed by atoms with van der Waals surface area (Å²) in [7, 11) is 0. The number of anilines is 1. The van der Waals surface area contributed by atoms with Crippen LogP contribution >= 0.6 is 0 Å². The highest BCUT2D eigenvalue weighted by Crippen LogP contribution is 2.17. The van der Waals surface area contributed by atoms with Crippen molar-refractivity contribution in [1.29, 1.82) is 0 Å². The molecule has 1 fully saturated rings. The first kappa shape index (κ1) is 13.0. The van der Waals surface area contributed by atoms with E-state index >= 15 is 0 Å². The fourth-order valence-corrected chi connectivity index (χ4v) is 1.78. The molecule has 6 heteroatoms. The van der Waals surface area contributed by atoms with Gasteiger partial charge in [-0.15, -0.1) is 0 Å². The van der Waals surface area contributed by atoms with Gasteiger partial charge in [0, 0.05) is 25.5 Å². The van der Waals surface area contributed by atoms with Crippen LogP contribution in [0.25, 0.3) is 0 Å². The molecule has 0 amide bonds. The number of nitrogen functional groups attached to an aromatic ring is 1. The largest absolute Gasteiger partial charge is 0.474 e. The van der Waals surface area contributed by atoms with E-state index in [1.54, 1.807) is 6.07 Å². The van der Waals surface area contributed by atoms with Crippen molar-refractivity contribution in [2.45, 2.75) is 32.5 Å². The van der Waals surface area contributed by atoms with Crippen LogP contribution in [0.5, 0.6) is 5.88 Å². The molecule has 1 aliphatic rings. The summed E-state index contributed by atoms with van der Waals surface area (Å²) in [6, 6.07) is 1.64. The van der Waals surface area contributed by atoms with E-state index in [2.05, 4.69) is 9.97 Å². The monoisotopic (exact) mass is 253 g/mol. The molecule has 0 saturated carbocycles. The van der Waals surface area contributed by atoms with E-state index < -0.39 is 0 Å². The van der Waals surface area contributed by atoms with Gasteiger partial charge in [-0.3, -0.25) is 0 Å². The van der Waals surface area contributed by atoms with E-state index in [-0.39, 0.29) is 6.10 Å². The summed E-state index contributed by atoms with van der Waals surface area (Å²) in [6.45, 7) is 4.36. The van der Waals surface area contributed by atoms with Gasteiger partial charge in [-0.1, -0.05) is 0 Å². The van der Waals surface area contributed by atoms with Gasteiger partial charge in [-0.2, -0.15) is 4.98 Å². The summed E-state index contributed by atoms with van der Waals surface area (Å²) in [4.78, 5) is 8.39. The SMILES string of the molecule is CCOCc1nc(N)cc(OC2CCOCC2)n1. The van der Waals surface area contributed by atoms with Crippen LogP contribution < -0.4 is 10.5 Å². The predicted octanol–water partition coefficient (Wildman–Crippen LogP) is 1.15. The Hall–Kier alpha value is -1.40. The lowest BCUT2D eigenvalue weighted by Gasteiger charge is -2.22. The molecular weight excluding hydrogens is 234 g/mol. The van der Waals surface area contributed by atoms with Gasteiger partial charge in [0.15, 0.2) is 5.82 Å². The highest BCUT2D eigenvalue weighted by Gasteiger charge is 2.16. The molecule has 2 N–H and O–H groups in total. The van der Waals surface area contributed by atoms with E-state index in [9.17, 15) is 0 Å². The van der Waals surface area contributed by atoms with Crippen molar-refractivity contribution in [1.82, 2.24) is 9.97 Å². The van der Waals surface area contributed by atoms with Crippen molar-refractivity contribution in [3.63, 3.8) is 0 Å². The standard InChI is InChI=1S/C12H19N3O3/c1-2-16-8-11-14-10(13)7-12(15-11)18-9-3-5-17-6-4-9/h7,9H,2-6,8H2,1H3,(H2,13,14,15). The minimum atomic E-state index is 0.146. The van der Waals surface area contributed by atoms with Gasteiger partial charge in [0.05, 0.1) is 13.2 Å². The summed E-state index contributed by atoms with van der Waals surface area (Å²) in [6.07, 6.45) is 1.91. The Labute approximate surface area is 106 Å². The van der Waals surface area contributed by atoms with Crippen molar-refractivity contribution >= 4 is 5.82 Å². The van der Waals surface area contributed by atoms with Crippen LogP contribution in [-0.4, -0.2) is 35.9 Å². The smallest absolute Gasteiger partial charge is 0.219 e. The van der Waals surface area contributed by atoms with Crippen molar-refractivity contribution in [2.24, 2.45) is 0 Å². The minimum absolute atomic E-state index is 0.146. The summed E-state index contributed by atoms with van der Waals surface area (Å²) in [5.41, 5.74) is 5.72. The van der Waals surface area contributed by atoms with Crippen molar-refractivity contribution in [2.75, 3.05) is 25.6 Å². The molecule has 2 rings (SSSR count). The molecule has 0 bridgehead atoms. The minimum Gasteiger partial charge on any atom is -0.474 e. The van der Waals surface area contributed by atoms with Gasteiger partial charge < -0.3 is 19.9 Å². The zero-order valence-electron chi connectivity index (χ0n) is 10.6. The van der Waals surface area contributed by atoms with Crippen LogP contribution in [0.2, 0.25) is 0 Å². The van der Waals surface area contributed by atoms with Crippen LogP contribution in [0, 0.1) is 0 Å². The molecule has 1 aromatic heterocycles. The molecule has 6 nitrogen and oxygen atoms in total. The molecule has 1 aromatic rings. The van der Waals surface area contributed by atoms with Crippen LogP contribution in [0.1, 0.15) is 25.6 Å². The van der Waals surface area contributed by atoms with Crippen LogP contribution in [-0.2, 0) is 16.1 Å². The molecule has 2 heterocycles. The first-order valence-corrected chi connectivity index (χ1v) is 6.23. The Morgan fingerprint density at radius 1 is 1.39 bits per heavy atom. The predicted molar refractivity (Wildman–Crippen MR) is 66.2 cm³/mol. The maximum atomic E-state index is 5.79. The molecule has 1 aliphatic heterocycles. The Bertz CT molecular complexity index is 381. The summed E-state index contributed by atoms with van der Waals surface area (Å²) < 4.78 is 16.3. The molecule has 1 saturated heterocycles. The first-order valence-electron chi connectivity index (χ1n) is 6.23. The van der Waals surface area contributed by atoms with Gasteiger partial charge in [0.25, 0.3) is 0 Å². The maximum Gasteiger partial charge on any atom is 0.219 e. The zero-order chi connectivity index (χ0) is 12.8. The topological polar surface area (TPSA) is 79.5 Å². The van der Waals surface area contributed by atoms with Gasteiger partial charge >= 0.3 is 0 Å². The molecule has 18 heavy (non-hydrogen) atoms. The number of ether oxygens (including phenoxy) is 3. The quantitative estimate of drug-likeness (QED) is 0.848. The van der Waals surface area contributed by atoms with Gasteiger partial charge in [-0.05, 0) is 6.92 Å². The Morgan fingerprint density at radius 2 is 2.17 bits per heavy atom. The van der Waals surface area contributed by atoms with E-state index in [1.807, 2.05) is 6.92 Å². The first-order chi connectivity index (χ1) is 8.78. The second kappa shape index (κ2) is 6.51. The molecule has 0 aromatic carbocycles. The molecule has 0 spiro atoms. The molecule has 0 atom stereocenters. The summed E-state index contributed by atoms with van der Waals surface area (Å²) in [5, 5.41) is 0. The lowest BCUT2D eigenvalue weighted by molar-refractivity contribution is 0.0233. The molecule has 0 unspecified atom stereocenters.